The van der Waals surface area contributed by atoms with E-state index in [-0.39, 0.29) is 23.1 Å². The van der Waals surface area contributed by atoms with Gasteiger partial charge in [-0.1, -0.05) is 13.0 Å². The van der Waals surface area contributed by atoms with Crippen LogP contribution >= 0.6 is 0 Å². The van der Waals surface area contributed by atoms with Gasteiger partial charge in [-0.15, -0.1) is 0 Å². The summed E-state index contributed by atoms with van der Waals surface area (Å²) >= 11 is 0. The van der Waals surface area contributed by atoms with Crippen LogP contribution in [0.5, 0.6) is 11.5 Å². The Balaban J connectivity index is 2.15. The van der Waals surface area contributed by atoms with Crippen LogP contribution in [0.4, 0.5) is 0 Å². The SMILES string of the molecule is CCS(=O)(=O)CCNC1CC(C)(C)Oc2cc(OC)ccc21. The lowest BCUT2D eigenvalue weighted by Crippen LogP contribution is -2.40. The molecule has 1 aromatic carbocycles. The van der Waals surface area contributed by atoms with Crippen LogP contribution in [0.25, 0.3) is 0 Å². The summed E-state index contributed by atoms with van der Waals surface area (Å²) in [5.41, 5.74) is 0.745. The van der Waals surface area contributed by atoms with Crippen LogP contribution in [-0.2, 0) is 9.84 Å². The van der Waals surface area contributed by atoms with Gasteiger partial charge in [-0.3, -0.25) is 0 Å². The van der Waals surface area contributed by atoms with Gasteiger partial charge in [-0.05, 0) is 19.9 Å². The van der Waals surface area contributed by atoms with Crippen LogP contribution in [0, 0.1) is 0 Å². The van der Waals surface area contributed by atoms with Crippen molar-refractivity contribution in [2.45, 2.75) is 38.8 Å². The lowest BCUT2D eigenvalue weighted by Gasteiger charge is -2.38. The molecule has 5 nitrogen and oxygen atoms in total. The standard InChI is InChI=1S/C16H25NO4S/c1-5-22(18,19)9-8-17-14-11-16(2,3)21-15-10-12(20-4)6-7-13(14)15/h6-7,10,14,17H,5,8-9,11H2,1-4H3. The number of hydrogen-bond donors (Lipinski definition) is 1. The van der Waals surface area contributed by atoms with Gasteiger partial charge in [-0.2, -0.15) is 0 Å². The van der Waals surface area contributed by atoms with Gasteiger partial charge < -0.3 is 14.8 Å². The molecule has 2 rings (SSSR count). The maximum atomic E-state index is 11.6. The first-order valence-corrected chi connectivity index (χ1v) is 9.39. The third-order valence-electron chi connectivity index (χ3n) is 3.92. The molecular weight excluding hydrogens is 302 g/mol. The van der Waals surface area contributed by atoms with Crippen molar-refractivity contribution < 1.29 is 17.9 Å². The zero-order valence-electron chi connectivity index (χ0n) is 13.7. The molecule has 1 aliphatic rings. The van der Waals surface area contributed by atoms with Crippen LogP contribution in [0.2, 0.25) is 0 Å². The third kappa shape index (κ3) is 4.14. The van der Waals surface area contributed by atoms with E-state index in [1.165, 1.54) is 0 Å². The first-order chi connectivity index (χ1) is 10.3. The second-order valence-electron chi connectivity index (χ2n) is 6.21. The molecule has 0 radical (unpaired) electrons. The molecule has 1 atom stereocenters. The highest BCUT2D eigenvalue weighted by Gasteiger charge is 2.33. The zero-order valence-corrected chi connectivity index (χ0v) is 14.5. The minimum absolute atomic E-state index is 0.0803. The van der Waals surface area contributed by atoms with Crippen molar-refractivity contribution in [2.75, 3.05) is 25.2 Å². The Morgan fingerprint density at radius 2 is 2.14 bits per heavy atom. The van der Waals surface area contributed by atoms with Crippen molar-refractivity contribution in [1.82, 2.24) is 5.32 Å². The van der Waals surface area contributed by atoms with Crippen molar-refractivity contribution in [3.8, 4) is 11.5 Å². The van der Waals surface area contributed by atoms with Crippen LogP contribution in [0.3, 0.4) is 0 Å². The highest BCUT2D eigenvalue weighted by molar-refractivity contribution is 7.91. The third-order valence-corrected chi connectivity index (χ3v) is 5.63. The summed E-state index contributed by atoms with van der Waals surface area (Å²) in [5.74, 6) is 1.89. The molecule has 0 spiro atoms. The van der Waals surface area contributed by atoms with Crippen molar-refractivity contribution >= 4 is 9.84 Å². The molecule has 1 N–H and O–H groups in total. The average molecular weight is 327 g/mol. The molecule has 124 valence electrons. The molecule has 0 fully saturated rings. The number of ether oxygens (including phenoxy) is 2. The second-order valence-corrected chi connectivity index (χ2v) is 8.69. The molecule has 6 heteroatoms. The predicted octanol–water partition coefficient (Wildman–Crippen LogP) is 2.32. The predicted molar refractivity (Wildman–Crippen MR) is 87.4 cm³/mol. The number of methoxy groups -OCH3 is 1. The molecule has 0 aliphatic carbocycles. The van der Waals surface area contributed by atoms with Gasteiger partial charge >= 0.3 is 0 Å². The second kappa shape index (κ2) is 6.46. The van der Waals surface area contributed by atoms with E-state index in [2.05, 4.69) is 5.32 Å². The highest BCUT2D eigenvalue weighted by Crippen LogP contribution is 2.41. The Labute approximate surface area is 132 Å². The fraction of sp³-hybridized carbons (Fsp3) is 0.625. The molecular formula is C16H25NO4S. The molecule has 1 aromatic rings. The van der Waals surface area contributed by atoms with Gasteiger partial charge in [0.05, 0.1) is 12.9 Å². The van der Waals surface area contributed by atoms with E-state index in [1.807, 2.05) is 32.0 Å². The van der Waals surface area contributed by atoms with Crippen LogP contribution in [0.15, 0.2) is 18.2 Å². The molecule has 1 heterocycles. The number of benzene rings is 1. The first kappa shape index (κ1) is 17.1. The van der Waals surface area contributed by atoms with E-state index >= 15 is 0 Å². The summed E-state index contributed by atoms with van der Waals surface area (Å²) in [7, 11) is -1.32. The van der Waals surface area contributed by atoms with Crippen molar-refractivity contribution in [2.24, 2.45) is 0 Å². The van der Waals surface area contributed by atoms with Gasteiger partial charge in [0, 0.05) is 36.4 Å². The fourth-order valence-corrected chi connectivity index (χ4v) is 3.39. The first-order valence-electron chi connectivity index (χ1n) is 7.57. The number of hydrogen-bond acceptors (Lipinski definition) is 5. The van der Waals surface area contributed by atoms with Crippen LogP contribution in [0.1, 0.15) is 38.8 Å². The molecule has 0 saturated heterocycles. The van der Waals surface area contributed by atoms with E-state index in [0.29, 0.717) is 6.54 Å². The quantitative estimate of drug-likeness (QED) is 0.869. The Hall–Kier alpha value is -1.27. The molecule has 0 aromatic heterocycles. The van der Waals surface area contributed by atoms with Gasteiger partial charge in [-0.25, -0.2) is 8.42 Å². The zero-order chi connectivity index (χ0) is 16.4. The summed E-state index contributed by atoms with van der Waals surface area (Å²) in [6.07, 6.45) is 0.790. The lowest BCUT2D eigenvalue weighted by molar-refractivity contribution is 0.0662. The average Bonchev–Trinajstić information content (AvgIpc) is 2.45. The molecule has 1 aliphatic heterocycles. The topological polar surface area (TPSA) is 64.6 Å². The molecule has 22 heavy (non-hydrogen) atoms. The smallest absolute Gasteiger partial charge is 0.151 e. The van der Waals surface area contributed by atoms with Crippen LogP contribution < -0.4 is 14.8 Å². The largest absolute Gasteiger partial charge is 0.497 e. The van der Waals surface area contributed by atoms with Crippen molar-refractivity contribution in [3.63, 3.8) is 0 Å². The summed E-state index contributed by atoms with van der Waals surface area (Å²) < 4.78 is 34.5. The minimum Gasteiger partial charge on any atom is -0.497 e. The Kier molecular flexibility index (Phi) is 5.02. The molecule has 0 bridgehead atoms. The number of rotatable bonds is 6. The number of sulfone groups is 1. The molecule has 0 saturated carbocycles. The van der Waals surface area contributed by atoms with Gasteiger partial charge in [0.1, 0.15) is 17.1 Å². The van der Waals surface area contributed by atoms with E-state index in [4.69, 9.17) is 9.47 Å². The number of nitrogens with one attached hydrogen (secondary N) is 1. The Morgan fingerprint density at radius 3 is 2.77 bits per heavy atom. The van der Waals surface area contributed by atoms with E-state index in [0.717, 1.165) is 23.5 Å². The summed E-state index contributed by atoms with van der Waals surface area (Å²) in [5, 5.41) is 3.36. The maximum absolute atomic E-state index is 11.6. The summed E-state index contributed by atoms with van der Waals surface area (Å²) in [6.45, 7) is 6.19. The lowest BCUT2D eigenvalue weighted by atomic mass is 9.89. The maximum Gasteiger partial charge on any atom is 0.151 e. The van der Waals surface area contributed by atoms with E-state index in [1.54, 1.807) is 14.0 Å². The van der Waals surface area contributed by atoms with E-state index < -0.39 is 9.84 Å². The molecule has 0 amide bonds. The van der Waals surface area contributed by atoms with E-state index in [9.17, 15) is 8.42 Å². The van der Waals surface area contributed by atoms with Gasteiger partial charge in [0.2, 0.25) is 0 Å². The van der Waals surface area contributed by atoms with Crippen LogP contribution in [-0.4, -0.2) is 39.2 Å². The Bertz CT molecular complexity index is 625. The van der Waals surface area contributed by atoms with Gasteiger partial charge in [0.25, 0.3) is 0 Å². The minimum atomic E-state index is -2.95. The Morgan fingerprint density at radius 1 is 1.41 bits per heavy atom. The molecule has 1 unspecified atom stereocenters. The van der Waals surface area contributed by atoms with Crippen molar-refractivity contribution in [1.29, 1.82) is 0 Å². The highest BCUT2D eigenvalue weighted by atomic mass is 32.2. The summed E-state index contributed by atoms with van der Waals surface area (Å²) in [6, 6.07) is 5.85. The van der Waals surface area contributed by atoms with Gasteiger partial charge in [0.15, 0.2) is 9.84 Å². The monoisotopic (exact) mass is 327 g/mol. The number of fused-ring (bicyclic) bond motifs is 1. The fourth-order valence-electron chi connectivity index (χ4n) is 2.67. The summed E-state index contributed by atoms with van der Waals surface area (Å²) in [4.78, 5) is 0. The normalized spacial score (nSPS) is 20.1. The van der Waals surface area contributed by atoms with Crippen molar-refractivity contribution in [3.05, 3.63) is 23.8 Å².